The summed E-state index contributed by atoms with van der Waals surface area (Å²) < 4.78 is 5.75. The third kappa shape index (κ3) is 5.42. The Kier molecular flexibility index (Phi) is 4.75. The molecule has 1 saturated carbocycles. The first-order chi connectivity index (χ1) is 8.94. The lowest BCUT2D eigenvalue weighted by atomic mass is 9.93. The largest absolute Gasteiger partial charge is 0.492 e. The first-order valence-corrected chi connectivity index (χ1v) is 7.46. The van der Waals surface area contributed by atoms with Gasteiger partial charge in [0.05, 0.1) is 11.6 Å². The van der Waals surface area contributed by atoms with E-state index >= 15 is 0 Å². The molecule has 1 fully saturated rings. The van der Waals surface area contributed by atoms with Gasteiger partial charge in [-0.1, -0.05) is 38.4 Å². The van der Waals surface area contributed by atoms with Crippen LogP contribution in [0.15, 0.2) is 18.2 Å². The van der Waals surface area contributed by atoms with Crippen molar-refractivity contribution in [2.24, 2.45) is 5.41 Å². The second-order valence-corrected chi connectivity index (χ2v) is 6.99. The van der Waals surface area contributed by atoms with Crippen LogP contribution in [0.2, 0.25) is 5.02 Å². The van der Waals surface area contributed by atoms with Crippen LogP contribution in [0.5, 0.6) is 5.75 Å². The number of halogens is 1. The van der Waals surface area contributed by atoms with Crippen LogP contribution in [0.4, 0.5) is 0 Å². The summed E-state index contributed by atoms with van der Waals surface area (Å²) >= 11 is 6.26. The Labute approximate surface area is 121 Å². The highest BCUT2D eigenvalue weighted by Crippen LogP contribution is 2.27. The van der Waals surface area contributed by atoms with E-state index in [9.17, 15) is 0 Å². The Morgan fingerprint density at radius 2 is 2.05 bits per heavy atom. The van der Waals surface area contributed by atoms with E-state index in [4.69, 9.17) is 16.3 Å². The average Bonchev–Trinajstić information content (AvgIpc) is 3.11. The molecule has 2 rings (SSSR count). The molecule has 0 spiro atoms. The molecule has 1 aromatic rings. The molecule has 3 heteroatoms. The molecule has 0 unspecified atom stereocenters. The van der Waals surface area contributed by atoms with Crippen LogP contribution in [-0.4, -0.2) is 12.6 Å². The van der Waals surface area contributed by atoms with E-state index in [0.29, 0.717) is 17.0 Å². The van der Waals surface area contributed by atoms with Crippen LogP contribution >= 0.6 is 11.6 Å². The summed E-state index contributed by atoms with van der Waals surface area (Å²) in [6, 6.07) is 6.80. The standard InChI is InChI=1S/C16H24ClNO/c1-16(2,3)8-9-19-15-7-4-12(10-14(15)17)11-18-13-5-6-13/h4,7,10,13,18H,5-6,8-9,11H2,1-3H3. The fourth-order valence-corrected chi connectivity index (χ4v) is 2.05. The third-order valence-corrected chi connectivity index (χ3v) is 3.57. The van der Waals surface area contributed by atoms with Gasteiger partial charge in [-0.05, 0) is 42.4 Å². The van der Waals surface area contributed by atoms with Crippen molar-refractivity contribution in [2.45, 2.75) is 52.6 Å². The summed E-state index contributed by atoms with van der Waals surface area (Å²) in [4.78, 5) is 0. The molecule has 0 heterocycles. The summed E-state index contributed by atoms with van der Waals surface area (Å²) in [6.45, 7) is 8.25. The number of benzene rings is 1. The maximum atomic E-state index is 6.26. The Balaban J connectivity index is 1.83. The van der Waals surface area contributed by atoms with Crippen molar-refractivity contribution in [2.75, 3.05) is 6.61 Å². The molecule has 1 aromatic carbocycles. The molecule has 0 aliphatic heterocycles. The number of hydrogen-bond acceptors (Lipinski definition) is 2. The summed E-state index contributed by atoms with van der Waals surface area (Å²) in [7, 11) is 0. The van der Waals surface area contributed by atoms with E-state index in [0.717, 1.165) is 24.8 Å². The third-order valence-electron chi connectivity index (χ3n) is 3.28. The lowest BCUT2D eigenvalue weighted by molar-refractivity contribution is 0.243. The van der Waals surface area contributed by atoms with Crippen molar-refractivity contribution in [3.05, 3.63) is 28.8 Å². The zero-order valence-electron chi connectivity index (χ0n) is 12.1. The number of rotatable bonds is 6. The summed E-state index contributed by atoms with van der Waals surface area (Å²) in [5, 5.41) is 4.20. The van der Waals surface area contributed by atoms with Gasteiger partial charge in [-0.15, -0.1) is 0 Å². The molecule has 0 saturated heterocycles. The topological polar surface area (TPSA) is 21.3 Å². The van der Waals surface area contributed by atoms with Crippen molar-refractivity contribution in [1.82, 2.24) is 5.32 Å². The van der Waals surface area contributed by atoms with Crippen LogP contribution in [0.25, 0.3) is 0 Å². The maximum Gasteiger partial charge on any atom is 0.137 e. The number of ether oxygens (including phenoxy) is 1. The fraction of sp³-hybridized carbons (Fsp3) is 0.625. The minimum Gasteiger partial charge on any atom is -0.492 e. The predicted octanol–water partition coefficient (Wildman–Crippen LogP) is 4.41. The molecule has 0 bridgehead atoms. The van der Waals surface area contributed by atoms with Gasteiger partial charge in [0, 0.05) is 12.6 Å². The van der Waals surface area contributed by atoms with E-state index in [-0.39, 0.29) is 0 Å². The van der Waals surface area contributed by atoms with Crippen molar-refractivity contribution in [3.8, 4) is 5.75 Å². The summed E-state index contributed by atoms with van der Waals surface area (Å²) in [5.41, 5.74) is 1.51. The van der Waals surface area contributed by atoms with Crippen LogP contribution in [0.3, 0.4) is 0 Å². The normalized spacial score (nSPS) is 15.6. The van der Waals surface area contributed by atoms with E-state index in [1.165, 1.54) is 18.4 Å². The maximum absolute atomic E-state index is 6.26. The SMILES string of the molecule is CC(C)(C)CCOc1ccc(CNC2CC2)cc1Cl. The van der Waals surface area contributed by atoms with E-state index in [1.54, 1.807) is 0 Å². The number of nitrogens with one attached hydrogen (secondary N) is 1. The zero-order chi connectivity index (χ0) is 13.9. The molecule has 2 nitrogen and oxygen atoms in total. The van der Waals surface area contributed by atoms with Crippen molar-refractivity contribution in [3.63, 3.8) is 0 Å². The summed E-state index contributed by atoms with van der Waals surface area (Å²) in [5.74, 6) is 0.793. The Morgan fingerprint density at radius 3 is 2.63 bits per heavy atom. The Hall–Kier alpha value is -0.730. The van der Waals surface area contributed by atoms with Gasteiger partial charge < -0.3 is 10.1 Å². The van der Waals surface area contributed by atoms with Crippen LogP contribution in [0, 0.1) is 5.41 Å². The molecule has 0 aromatic heterocycles. The molecular formula is C16H24ClNO. The minimum atomic E-state index is 0.292. The second-order valence-electron chi connectivity index (χ2n) is 6.58. The van der Waals surface area contributed by atoms with Crippen LogP contribution in [-0.2, 0) is 6.54 Å². The second kappa shape index (κ2) is 6.15. The molecule has 1 aliphatic carbocycles. The van der Waals surface area contributed by atoms with Crippen molar-refractivity contribution >= 4 is 11.6 Å². The Bertz CT molecular complexity index is 421. The highest BCUT2D eigenvalue weighted by atomic mass is 35.5. The molecule has 106 valence electrons. The van der Waals surface area contributed by atoms with Gasteiger partial charge in [0.15, 0.2) is 0 Å². The van der Waals surface area contributed by atoms with Gasteiger partial charge in [-0.25, -0.2) is 0 Å². The zero-order valence-corrected chi connectivity index (χ0v) is 12.9. The van der Waals surface area contributed by atoms with Gasteiger partial charge >= 0.3 is 0 Å². The monoisotopic (exact) mass is 281 g/mol. The highest BCUT2D eigenvalue weighted by molar-refractivity contribution is 6.32. The quantitative estimate of drug-likeness (QED) is 0.834. The van der Waals surface area contributed by atoms with E-state index in [1.807, 2.05) is 12.1 Å². The van der Waals surface area contributed by atoms with Gasteiger partial charge in [0.2, 0.25) is 0 Å². The molecule has 0 radical (unpaired) electrons. The minimum absolute atomic E-state index is 0.292. The predicted molar refractivity (Wildman–Crippen MR) is 80.9 cm³/mol. The van der Waals surface area contributed by atoms with Gasteiger partial charge in [-0.3, -0.25) is 0 Å². The van der Waals surface area contributed by atoms with Crippen molar-refractivity contribution in [1.29, 1.82) is 0 Å². The van der Waals surface area contributed by atoms with Crippen LogP contribution in [0.1, 0.15) is 45.6 Å². The molecular weight excluding hydrogens is 258 g/mol. The molecule has 0 atom stereocenters. The average molecular weight is 282 g/mol. The smallest absolute Gasteiger partial charge is 0.137 e. The lowest BCUT2D eigenvalue weighted by Crippen LogP contribution is -2.15. The van der Waals surface area contributed by atoms with Gasteiger partial charge in [0.1, 0.15) is 5.75 Å². The fourth-order valence-electron chi connectivity index (χ4n) is 1.79. The molecule has 0 amide bonds. The van der Waals surface area contributed by atoms with Crippen LogP contribution < -0.4 is 10.1 Å². The lowest BCUT2D eigenvalue weighted by Gasteiger charge is -2.18. The molecule has 1 N–H and O–H groups in total. The highest BCUT2D eigenvalue weighted by Gasteiger charge is 2.20. The van der Waals surface area contributed by atoms with E-state index < -0.39 is 0 Å². The molecule has 19 heavy (non-hydrogen) atoms. The first kappa shape index (κ1) is 14.7. The Morgan fingerprint density at radius 1 is 1.32 bits per heavy atom. The summed E-state index contributed by atoms with van der Waals surface area (Å²) in [6.07, 6.45) is 3.64. The first-order valence-electron chi connectivity index (χ1n) is 7.09. The molecule has 1 aliphatic rings. The van der Waals surface area contributed by atoms with Gasteiger partial charge in [0.25, 0.3) is 0 Å². The van der Waals surface area contributed by atoms with E-state index in [2.05, 4.69) is 32.2 Å². The van der Waals surface area contributed by atoms with Crippen molar-refractivity contribution < 1.29 is 4.74 Å². The number of hydrogen-bond donors (Lipinski definition) is 1. The van der Waals surface area contributed by atoms with Gasteiger partial charge in [-0.2, -0.15) is 0 Å².